The van der Waals surface area contributed by atoms with E-state index in [1.807, 2.05) is 0 Å². The van der Waals surface area contributed by atoms with Gasteiger partial charge in [0.05, 0.1) is 6.61 Å². The Morgan fingerprint density at radius 2 is 2.00 bits per heavy atom. The summed E-state index contributed by atoms with van der Waals surface area (Å²) in [5, 5.41) is 0. The highest BCUT2D eigenvalue weighted by atomic mass is 16.5. The molecular formula is C16H24N2O. The fourth-order valence-electron chi connectivity index (χ4n) is 3.41. The first kappa shape index (κ1) is 12.9. The molecule has 0 radical (unpaired) electrons. The van der Waals surface area contributed by atoms with Gasteiger partial charge in [0.2, 0.25) is 0 Å². The Hall–Kier alpha value is -1.06. The normalized spacial score (nSPS) is 35.5. The van der Waals surface area contributed by atoms with E-state index in [2.05, 4.69) is 43.0 Å². The minimum atomic E-state index is 0.302. The number of piperidine rings is 1. The first-order chi connectivity index (χ1) is 9.16. The minimum Gasteiger partial charge on any atom is -0.493 e. The van der Waals surface area contributed by atoms with E-state index in [9.17, 15) is 0 Å². The Bertz CT molecular complexity index is 448. The maximum Gasteiger partial charge on any atom is 0.124 e. The highest BCUT2D eigenvalue weighted by Gasteiger charge is 2.35. The van der Waals surface area contributed by atoms with Crippen molar-refractivity contribution in [3.8, 4) is 5.75 Å². The van der Waals surface area contributed by atoms with Gasteiger partial charge in [-0.1, -0.05) is 32.0 Å². The van der Waals surface area contributed by atoms with Crippen LogP contribution < -0.4 is 10.5 Å². The van der Waals surface area contributed by atoms with Crippen LogP contribution in [0.15, 0.2) is 24.3 Å². The summed E-state index contributed by atoms with van der Waals surface area (Å²) in [6.45, 7) is 7.51. The Labute approximate surface area is 115 Å². The van der Waals surface area contributed by atoms with Crippen LogP contribution in [0.5, 0.6) is 5.75 Å². The zero-order chi connectivity index (χ0) is 13.4. The van der Waals surface area contributed by atoms with Crippen LogP contribution in [0, 0.1) is 11.8 Å². The number of likely N-dealkylation sites (tertiary alicyclic amines) is 1. The number of hydrogen-bond donors (Lipinski definition) is 1. The monoisotopic (exact) mass is 260 g/mol. The molecular weight excluding hydrogens is 236 g/mol. The van der Waals surface area contributed by atoms with Crippen LogP contribution in [0.1, 0.15) is 31.9 Å². The lowest BCUT2D eigenvalue weighted by Gasteiger charge is -2.44. The summed E-state index contributed by atoms with van der Waals surface area (Å²) in [5.41, 5.74) is 7.60. The molecule has 2 N–H and O–H groups in total. The van der Waals surface area contributed by atoms with Gasteiger partial charge in [0.1, 0.15) is 5.75 Å². The number of rotatable bonds is 1. The molecule has 19 heavy (non-hydrogen) atoms. The molecule has 4 atom stereocenters. The van der Waals surface area contributed by atoms with Crippen molar-refractivity contribution < 1.29 is 4.74 Å². The van der Waals surface area contributed by atoms with Gasteiger partial charge in [0, 0.05) is 30.1 Å². The molecule has 1 aromatic carbocycles. The van der Waals surface area contributed by atoms with Crippen LogP contribution in [0.3, 0.4) is 0 Å². The Balaban J connectivity index is 1.87. The number of fused-ring (bicyclic) bond motifs is 1. The number of para-hydroxylation sites is 1. The van der Waals surface area contributed by atoms with Crippen molar-refractivity contribution in [3.63, 3.8) is 0 Å². The predicted molar refractivity (Wildman–Crippen MR) is 77.2 cm³/mol. The van der Waals surface area contributed by atoms with Gasteiger partial charge in [-0.25, -0.2) is 0 Å². The molecule has 1 aromatic rings. The smallest absolute Gasteiger partial charge is 0.124 e. The molecule has 104 valence electrons. The zero-order valence-corrected chi connectivity index (χ0v) is 11.9. The molecule has 3 rings (SSSR count). The van der Waals surface area contributed by atoms with Gasteiger partial charge in [-0.15, -0.1) is 0 Å². The van der Waals surface area contributed by atoms with Gasteiger partial charge in [0.25, 0.3) is 0 Å². The molecule has 1 saturated heterocycles. The predicted octanol–water partition coefficient (Wildman–Crippen LogP) is 2.43. The molecule has 0 spiro atoms. The van der Waals surface area contributed by atoms with E-state index < -0.39 is 0 Å². The highest BCUT2D eigenvalue weighted by molar-refractivity contribution is 5.38. The second-order valence-corrected chi connectivity index (χ2v) is 6.20. The molecule has 0 aliphatic carbocycles. The van der Waals surface area contributed by atoms with E-state index in [-0.39, 0.29) is 0 Å². The summed E-state index contributed by atoms with van der Waals surface area (Å²) in [4.78, 5) is 2.57. The SMILES string of the molecule is CC1CCN(C2c3ccccc3OCC2C)CC1N. The van der Waals surface area contributed by atoms with Crippen molar-refractivity contribution in [2.75, 3.05) is 19.7 Å². The fourth-order valence-corrected chi connectivity index (χ4v) is 3.41. The third-order valence-corrected chi connectivity index (χ3v) is 4.72. The Morgan fingerprint density at radius 1 is 1.21 bits per heavy atom. The van der Waals surface area contributed by atoms with Crippen LogP contribution in [0.25, 0.3) is 0 Å². The summed E-state index contributed by atoms with van der Waals surface area (Å²) >= 11 is 0. The van der Waals surface area contributed by atoms with E-state index in [1.54, 1.807) is 0 Å². The van der Waals surface area contributed by atoms with Crippen molar-refractivity contribution in [1.29, 1.82) is 0 Å². The van der Waals surface area contributed by atoms with Crippen LogP contribution in [-0.2, 0) is 0 Å². The van der Waals surface area contributed by atoms with E-state index in [1.165, 1.54) is 12.0 Å². The first-order valence-electron chi connectivity index (χ1n) is 7.38. The van der Waals surface area contributed by atoms with E-state index >= 15 is 0 Å². The van der Waals surface area contributed by atoms with Crippen LogP contribution in [-0.4, -0.2) is 30.6 Å². The molecule has 0 amide bonds. The summed E-state index contributed by atoms with van der Waals surface area (Å²) in [5.74, 6) is 2.22. The second kappa shape index (κ2) is 5.14. The molecule has 1 fully saturated rings. The van der Waals surface area contributed by atoms with E-state index in [4.69, 9.17) is 10.5 Å². The number of nitrogens with zero attached hydrogens (tertiary/aromatic N) is 1. The number of ether oxygens (including phenoxy) is 1. The summed E-state index contributed by atoms with van der Waals surface area (Å²) in [7, 11) is 0. The summed E-state index contributed by atoms with van der Waals surface area (Å²) in [6, 6.07) is 9.22. The standard InChI is InChI=1S/C16H24N2O/c1-11-7-8-18(9-14(11)17)16-12(2)10-19-15-6-4-3-5-13(15)16/h3-6,11-12,14,16H,7-10,17H2,1-2H3. The first-order valence-corrected chi connectivity index (χ1v) is 7.38. The molecule has 2 heterocycles. The number of hydrogen-bond acceptors (Lipinski definition) is 3. The lowest BCUT2D eigenvalue weighted by Crippen LogP contribution is -2.50. The molecule has 0 saturated carbocycles. The molecule has 0 bridgehead atoms. The quantitative estimate of drug-likeness (QED) is 0.843. The van der Waals surface area contributed by atoms with Crippen LogP contribution in [0.2, 0.25) is 0 Å². The van der Waals surface area contributed by atoms with Gasteiger partial charge in [-0.3, -0.25) is 4.90 Å². The van der Waals surface area contributed by atoms with E-state index in [0.29, 0.717) is 23.9 Å². The molecule has 0 aromatic heterocycles. The van der Waals surface area contributed by atoms with Crippen LogP contribution in [0.4, 0.5) is 0 Å². The molecule has 4 unspecified atom stereocenters. The largest absolute Gasteiger partial charge is 0.493 e. The number of benzene rings is 1. The van der Waals surface area contributed by atoms with Gasteiger partial charge in [-0.2, -0.15) is 0 Å². The average Bonchev–Trinajstić information content (AvgIpc) is 2.42. The van der Waals surface area contributed by atoms with Crippen molar-refractivity contribution >= 4 is 0 Å². The lowest BCUT2D eigenvalue weighted by molar-refractivity contribution is 0.0549. The Kier molecular flexibility index (Phi) is 3.50. The molecule has 2 aliphatic rings. The average molecular weight is 260 g/mol. The fraction of sp³-hybridized carbons (Fsp3) is 0.625. The van der Waals surface area contributed by atoms with Crippen LogP contribution >= 0.6 is 0 Å². The van der Waals surface area contributed by atoms with Gasteiger partial charge in [0.15, 0.2) is 0 Å². The van der Waals surface area contributed by atoms with Gasteiger partial charge in [-0.05, 0) is 24.9 Å². The summed E-state index contributed by atoms with van der Waals surface area (Å²) < 4.78 is 5.85. The van der Waals surface area contributed by atoms with Crippen molar-refractivity contribution in [2.24, 2.45) is 17.6 Å². The zero-order valence-electron chi connectivity index (χ0n) is 11.9. The van der Waals surface area contributed by atoms with Gasteiger partial charge < -0.3 is 10.5 Å². The third kappa shape index (κ3) is 2.37. The lowest BCUT2D eigenvalue weighted by atomic mass is 9.86. The van der Waals surface area contributed by atoms with Crippen molar-refractivity contribution in [3.05, 3.63) is 29.8 Å². The third-order valence-electron chi connectivity index (χ3n) is 4.72. The maximum atomic E-state index is 6.27. The molecule has 3 heteroatoms. The Morgan fingerprint density at radius 3 is 2.79 bits per heavy atom. The minimum absolute atomic E-state index is 0.302. The topological polar surface area (TPSA) is 38.5 Å². The van der Waals surface area contributed by atoms with E-state index in [0.717, 1.165) is 25.4 Å². The second-order valence-electron chi connectivity index (χ2n) is 6.20. The molecule has 2 aliphatic heterocycles. The molecule has 3 nitrogen and oxygen atoms in total. The summed E-state index contributed by atoms with van der Waals surface area (Å²) in [6.07, 6.45) is 1.20. The highest BCUT2D eigenvalue weighted by Crippen LogP contribution is 2.40. The maximum absolute atomic E-state index is 6.27. The number of nitrogens with two attached hydrogens (primary N) is 1. The van der Waals surface area contributed by atoms with Crippen molar-refractivity contribution in [1.82, 2.24) is 4.90 Å². The van der Waals surface area contributed by atoms with Gasteiger partial charge >= 0.3 is 0 Å². The van der Waals surface area contributed by atoms with Crippen molar-refractivity contribution in [2.45, 2.75) is 32.4 Å².